The number of hydrogen-bond donors (Lipinski definition) is 0. The second-order valence-electron chi connectivity index (χ2n) is 4.50. The van der Waals surface area contributed by atoms with Crippen LogP contribution in [-0.4, -0.2) is 28.3 Å². The number of benzene rings is 1. The van der Waals surface area contributed by atoms with Crippen LogP contribution in [0.15, 0.2) is 24.3 Å². The van der Waals surface area contributed by atoms with E-state index in [1.54, 1.807) is 11.6 Å². The molecule has 0 unspecified atom stereocenters. The van der Waals surface area contributed by atoms with Gasteiger partial charge in [0.25, 0.3) is 0 Å². The summed E-state index contributed by atoms with van der Waals surface area (Å²) in [6, 6.07) is 9.72. The van der Waals surface area contributed by atoms with Crippen molar-refractivity contribution < 1.29 is 9.47 Å². The van der Waals surface area contributed by atoms with Crippen LogP contribution in [0.3, 0.4) is 0 Å². The number of nitrogens with zero attached hydrogens (tertiary/aromatic N) is 4. The van der Waals surface area contributed by atoms with E-state index in [1.165, 1.54) is 11.3 Å². The molecule has 0 fully saturated rings. The van der Waals surface area contributed by atoms with Gasteiger partial charge in [-0.05, 0) is 31.2 Å². The second-order valence-corrected chi connectivity index (χ2v) is 5.54. The standard InChI is InChI=1S/C15H14N4O2S/c1-3-21-11-6-4-10(5-7-11)14-12(8-16)19-15(17-14)22-13(18-19)9-20-2/h4-7H,3,9H2,1-2H3. The Morgan fingerprint density at radius 2 is 2.09 bits per heavy atom. The Balaban J connectivity index is 2.03. The SMILES string of the molecule is CCOc1ccc(-c2nc3sc(COC)nn3c2C#N)cc1. The third-order valence-electron chi connectivity index (χ3n) is 3.06. The van der Waals surface area contributed by atoms with Gasteiger partial charge in [-0.15, -0.1) is 0 Å². The molecule has 3 aromatic rings. The largest absolute Gasteiger partial charge is 0.494 e. The molecule has 0 radical (unpaired) electrons. The lowest BCUT2D eigenvalue weighted by atomic mass is 10.1. The van der Waals surface area contributed by atoms with E-state index in [9.17, 15) is 5.26 Å². The molecule has 0 aliphatic rings. The highest BCUT2D eigenvalue weighted by atomic mass is 32.1. The van der Waals surface area contributed by atoms with Gasteiger partial charge in [0.15, 0.2) is 5.69 Å². The van der Waals surface area contributed by atoms with E-state index < -0.39 is 0 Å². The maximum atomic E-state index is 9.44. The molecule has 22 heavy (non-hydrogen) atoms. The molecule has 0 saturated heterocycles. The quantitative estimate of drug-likeness (QED) is 0.724. The van der Waals surface area contributed by atoms with E-state index in [1.807, 2.05) is 31.2 Å². The van der Waals surface area contributed by atoms with E-state index in [4.69, 9.17) is 9.47 Å². The number of aromatic nitrogens is 3. The fourth-order valence-electron chi connectivity index (χ4n) is 2.15. The van der Waals surface area contributed by atoms with Crippen LogP contribution in [0.5, 0.6) is 5.75 Å². The van der Waals surface area contributed by atoms with Crippen LogP contribution < -0.4 is 4.74 Å². The van der Waals surface area contributed by atoms with Crippen molar-refractivity contribution in [2.75, 3.05) is 13.7 Å². The van der Waals surface area contributed by atoms with Crippen LogP contribution in [0.25, 0.3) is 16.2 Å². The summed E-state index contributed by atoms with van der Waals surface area (Å²) in [5.74, 6) is 0.797. The van der Waals surface area contributed by atoms with Crippen molar-refractivity contribution in [3.63, 3.8) is 0 Å². The first-order chi connectivity index (χ1) is 10.8. The summed E-state index contributed by atoms with van der Waals surface area (Å²) in [6.45, 7) is 2.97. The van der Waals surface area contributed by atoms with Gasteiger partial charge in [-0.2, -0.15) is 14.9 Å². The molecule has 1 aromatic carbocycles. The molecule has 112 valence electrons. The molecule has 0 atom stereocenters. The van der Waals surface area contributed by atoms with Crippen LogP contribution in [0.4, 0.5) is 0 Å². The van der Waals surface area contributed by atoms with E-state index in [2.05, 4.69) is 16.2 Å². The third-order valence-corrected chi connectivity index (χ3v) is 3.94. The van der Waals surface area contributed by atoms with Crippen molar-refractivity contribution >= 4 is 16.3 Å². The number of rotatable bonds is 5. The van der Waals surface area contributed by atoms with Crippen molar-refractivity contribution in [3.8, 4) is 23.1 Å². The van der Waals surface area contributed by atoms with Gasteiger partial charge >= 0.3 is 0 Å². The Kier molecular flexibility index (Phi) is 4.04. The zero-order valence-electron chi connectivity index (χ0n) is 12.2. The molecule has 2 aromatic heterocycles. The predicted octanol–water partition coefficient (Wildman–Crippen LogP) is 2.87. The van der Waals surface area contributed by atoms with Gasteiger partial charge in [0, 0.05) is 12.7 Å². The molecule has 0 amide bonds. The molecule has 0 bridgehead atoms. The van der Waals surface area contributed by atoms with E-state index in [0.717, 1.165) is 16.3 Å². The number of methoxy groups -OCH3 is 1. The smallest absolute Gasteiger partial charge is 0.214 e. The average molecular weight is 314 g/mol. The third kappa shape index (κ3) is 2.54. The maximum absolute atomic E-state index is 9.44. The fourth-order valence-corrected chi connectivity index (χ4v) is 3.01. The van der Waals surface area contributed by atoms with Crippen molar-refractivity contribution in [3.05, 3.63) is 35.0 Å². The average Bonchev–Trinajstić information content (AvgIpc) is 3.05. The predicted molar refractivity (Wildman–Crippen MR) is 82.9 cm³/mol. The van der Waals surface area contributed by atoms with Crippen LogP contribution >= 0.6 is 11.3 Å². The van der Waals surface area contributed by atoms with Crippen LogP contribution in [0, 0.1) is 11.3 Å². The van der Waals surface area contributed by atoms with E-state index >= 15 is 0 Å². The highest BCUT2D eigenvalue weighted by Crippen LogP contribution is 2.28. The van der Waals surface area contributed by atoms with Crippen molar-refractivity contribution in [1.29, 1.82) is 5.26 Å². The Hall–Kier alpha value is -2.43. The normalized spacial score (nSPS) is 10.8. The summed E-state index contributed by atoms with van der Waals surface area (Å²) in [5, 5.41) is 14.6. The molecule has 0 saturated carbocycles. The van der Waals surface area contributed by atoms with Gasteiger partial charge in [-0.1, -0.05) is 11.3 Å². The topological polar surface area (TPSA) is 72.4 Å². The van der Waals surface area contributed by atoms with Crippen molar-refractivity contribution in [2.45, 2.75) is 13.5 Å². The zero-order valence-corrected chi connectivity index (χ0v) is 13.1. The minimum atomic E-state index is 0.414. The first-order valence-electron chi connectivity index (χ1n) is 6.77. The fraction of sp³-hybridized carbons (Fsp3) is 0.267. The van der Waals surface area contributed by atoms with Gasteiger partial charge in [0.2, 0.25) is 4.96 Å². The van der Waals surface area contributed by atoms with Gasteiger partial charge < -0.3 is 9.47 Å². The Bertz CT molecular complexity index is 830. The molecule has 0 spiro atoms. The number of imidazole rings is 1. The summed E-state index contributed by atoms with van der Waals surface area (Å²) in [6.07, 6.45) is 0. The first kappa shape index (κ1) is 14.5. The van der Waals surface area contributed by atoms with Crippen molar-refractivity contribution in [2.24, 2.45) is 0 Å². The summed E-state index contributed by atoms with van der Waals surface area (Å²) >= 11 is 1.42. The molecule has 7 heteroatoms. The van der Waals surface area contributed by atoms with Crippen LogP contribution in [0.1, 0.15) is 17.6 Å². The van der Waals surface area contributed by atoms with Crippen molar-refractivity contribution in [1.82, 2.24) is 14.6 Å². The second kappa shape index (κ2) is 6.13. The number of ether oxygens (including phenoxy) is 2. The summed E-state index contributed by atoms with van der Waals surface area (Å²) < 4.78 is 12.1. The van der Waals surface area contributed by atoms with Gasteiger partial charge in [-0.25, -0.2) is 4.98 Å². The Labute approximate surface area is 131 Å². The molecule has 2 heterocycles. The monoisotopic (exact) mass is 314 g/mol. The molecule has 0 N–H and O–H groups in total. The maximum Gasteiger partial charge on any atom is 0.214 e. The lowest BCUT2D eigenvalue weighted by Crippen LogP contribution is -1.94. The first-order valence-corrected chi connectivity index (χ1v) is 7.59. The summed E-state index contributed by atoms with van der Waals surface area (Å²) in [4.78, 5) is 5.22. The van der Waals surface area contributed by atoms with Crippen LogP contribution in [0.2, 0.25) is 0 Å². The minimum Gasteiger partial charge on any atom is -0.494 e. The summed E-state index contributed by atoms with van der Waals surface area (Å²) in [5.41, 5.74) is 1.93. The summed E-state index contributed by atoms with van der Waals surface area (Å²) in [7, 11) is 1.61. The van der Waals surface area contributed by atoms with E-state index in [0.29, 0.717) is 29.6 Å². The number of fused-ring (bicyclic) bond motifs is 1. The zero-order chi connectivity index (χ0) is 15.5. The highest BCUT2D eigenvalue weighted by molar-refractivity contribution is 7.16. The molecule has 0 aliphatic heterocycles. The van der Waals surface area contributed by atoms with Crippen LogP contribution in [-0.2, 0) is 11.3 Å². The lowest BCUT2D eigenvalue weighted by Gasteiger charge is -2.03. The van der Waals surface area contributed by atoms with Gasteiger partial charge in [0.05, 0.1) is 13.2 Å². The molecule has 3 rings (SSSR count). The molecule has 0 aliphatic carbocycles. The number of nitriles is 1. The number of hydrogen-bond acceptors (Lipinski definition) is 6. The van der Waals surface area contributed by atoms with E-state index in [-0.39, 0.29) is 0 Å². The molecular formula is C15H14N4O2S. The van der Waals surface area contributed by atoms with Gasteiger partial charge in [0.1, 0.15) is 22.5 Å². The molecular weight excluding hydrogens is 300 g/mol. The lowest BCUT2D eigenvalue weighted by molar-refractivity contribution is 0.183. The minimum absolute atomic E-state index is 0.414. The Morgan fingerprint density at radius 1 is 1.32 bits per heavy atom. The highest BCUT2D eigenvalue weighted by Gasteiger charge is 2.17. The Morgan fingerprint density at radius 3 is 2.73 bits per heavy atom. The van der Waals surface area contributed by atoms with Gasteiger partial charge in [-0.3, -0.25) is 0 Å². The molecule has 6 nitrogen and oxygen atoms in total.